The fourth-order valence-corrected chi connectivity index (χ4v) is 4.85. The molecule has 2 rings (SSSR count). The highest BCUT2D eigenvalue weighted by Crippen LogP contribution is 2.27. The minimum absolute atomic E-state index is 0.00813. The Bertz CT molecular complexity index is 905. The van der Waals surface area contributed by atoms with Gasteiger partial charge in [0.25, 0.3) is 10.0 Å². The molecule has 0 radical (unpaired) electrons. The van der Waals surface area contributed by atoms with Crippen molar-refractivity contribution in [1.82, 2.24) is 9.62 Å². The van der Waals surface area contributed by atoms with E-state index in [0.29, 0.717) is 10.4 Å². The Kier molecular flexibility index (Phi) is 6.69. The Hall–Kier alpha value is -1.59. The quantitative estimate of drug-likeness (QED) is 0.713. The summed E-state index contributed by atoms with van der Waals surface area (Å²) in [6.07, 6.45) is -1.41. The van der Waals surface area contributed by atoms with Gasteiger partial charge in [0.05, 0.1) is 17.0 Å². The number of amides is 1. The summed E-state index contributed by atoms with van der Waals surface area (Å²) >= 11 is 6.58. The van der Waals surface area contributed by atoms with E-state index in [9.17, 15) is 27.1 Å². The van der Waals surface area contributed by atoms with Gasteiger partial charge >= 0.3 is 0 Å². The highest BCUT2D eigenvalue weighted by molar-refractivity contribution is 7.91. The van der Waals surface area contributed by atoms with E-state index in [2.05, 4.69) is 5.32 Å². The number of nitrogens with zero attached hydrogens (tertiary/aromatic N) is 1. The van der Waals surface area contributed by atoms with E-state index in [0.717, 1.165) is 27.8 Å². The molecule has 0 bridgehead atoms. The molecule has 142 valence electrons. The largest absolute Gasteiger partial charge is 0.386 e. The van der Waals surface area contributed by atoms with Crippen molar-refractivity contribution < 1.29 is 27.1 Å². The summed E-state index contributed by atoms with van der Waals surface area (Å²) in [5.74, 6) is -2.43. The first-order valence-electron chi connectivity index (χ1n) is 7.22. The van der Waals surface area contributed by atoms with E-state index in [1.165, 1.54) is 19.2 Å². The van der Waals surface area contributed by atoms with Crippen molar-refractivity contribution in [3.05, 3.63) is 51.9 Å². The van der Waals surface area contributed by atoms with Crippen LogP contribution >= 0.6 is 22.9 Å². The number of halogens is 3. The van der Waals surface area contributed by atoms with Crippen molar-refractivity contribution in [1.29, 1.82) is 0 Å². The first kappa shape index (κ1) is 20.7. The van der Waals surface area contributed by atoms with Crippen LogP contribution in [0.2, 0.25) is 4.34 Å². The third kappa shape index (κ3) is 4.98. The zero-order valence-corrected chi connectivity index (χ0v) is 15.8. The highest BCUT2D eigenvalue weighted by Gasteiger charge is 2.25. The van der Waals surface area contributed by atoms with Crippen LogP contribution in [0.4, 0.5) is 8.78 Å². The highest BCUT2D eigenvalue weighted by atomic mass is 35.5. The first-order valence-corrected chi connectivity index (χ1v) is 9.86. The Balaban J connectivity index is 1.94. The van der Waals surface area contributed by atoms with E-state index in [-0.39, 0.29) is 16.3 Å². The second kappa shape index (κ2) is 8.40. The lowest BCUT2D eigenvalue weighted by Gasteiger charge is -2.17. The van der Waals surface area contributed by atoms with Crippen molar-refractivity contribution >= 4 is 38.9 Å². The summed E-state index contributed by atoms with van der Waals surface area (Å²) in [7, 11) is -2.65. The van der Waals surface area contributed by atoms with Gasteiger partial charge in [-0.05, 0) is 18.2 Å². The van der Waals surface area contributed by atoms with Crippen molar-refractivity contribution in [2.24, 2.45) is 0 Å². The second-order valence-electron chi connectivity index (χ2n) is 5.31. The Morgan fingerprint density at radius 2 is 2.04 bits per heavy atom. The monoisotopic (exact) mass is 424 g/mol. The van der Waals surface area contributed by atoms with E-state index in [1.54, 1.807) is 0 Å². The molecule has 6 nitrogen and oxygen atoms in total. The average molecular weight is 425 g/mol. The molecule has 1 unspecified atom stereocenters. The molecule has 0 saturated carbocycles. The molecule has 0 saturated heterocycles. The molecule has 1 atom stereocenters. The molecule has 11 heteroatoms. The molecule has 1 amide bonds. The minimum atomic E-state index is -3.87. The number of hydrogen-bond donors (Lipinski definition) is 2. The molecule has 0 aliphatic carbocycles. The number of nitrogens with one attached hydrogen (secondary N) is 1. The molecule has 1 aromatic carbocycles. The van der Waals surface area contributed by atoms with Crippen molar-refractivity contribution in [3.8, 4) is 0 Å². The first-order chi connectivity index (χ1) is 12.1. The maximum absolute atomic E-state index is 13.6. The number of likely N-dealkylation sites (N-methyl/N-ethyl adjacent to an activating group) is 1. The van der Waals surface area contributed by atoms with Crippen molar-refractivity contribution in [2.45, 2.75) is 10.3 Å². The van der Waals surface area contributed by atoms with Crippen LogP contribution in [0.25, 0.3) is 0 Å². The number of sulfonamides is 1. The standard InChI is InChI=1S/C15H15ClF2N2O4S2/c1-20(26(23,24)15-5-4-13(16)25-15)8-14(22)19-7-12(21)10-3-2-9(17)6-11(10)18/h2-6,12,21H,7-8H2,1H3,(H,19,22). The van der Waals surface area contributed by atoms with Gasteiger partial charge in [0, 0.05) is 25.2 Å². The lowest BCUT2D eigenvalue weighted by molar-refractivity contribution is -0.121. The SMILES string of the molecule is CN(CC(=O)NCC(O)c1ccc(F)cc1F)S(=O)(=O)c1ccc(Cl)s1. The third-order valence-electron chi connectivity index (χ3n) is 3.39. The number of hydrogen-bond acceptors (Lipinski definition) is 5. The fourth-order valence-electron chi connectivity index (χ4n) is 2.03. The van der Waals surface area contributed by atoms with E-state index >= 15 is 0 Å². The molecule has 1 aromatic heterocycles. The molecule has 1 heterocycles. The summed E-state index contributed by atoms with van der Waals surface area (Å²) in [4.78, 5) is 11.9. The predicted octanol–water partition coefficient (Wildman–Crippen LogP) is 2.15. The zero-order chi connectivity index (χ0) is 19.5. The van der Waals surface area contributed by atoms with E-state index in [1.807, 2.05) is 0 Å². The van der Waals surface area contributed by atoms with Crippen LogP contribution in [0.3, 0.4) is 0 Å². The van der Waals surface area contributed by atoms with Gasteiger partial charge in [-0.3, -0.25) is 4.79 Å². The molecule has 2 N–H and O–H groups in total. The second-order valence-corrected chi connectivity index (χ2v) is 9.29. The van der Waals surface area contributed by atoms with Gasteiger partial charge in [-0.1, -0.05) is 17.7 Å². The van der Waals surface area contributed by atoms with Crippen LogP contribution in [-0.4, -0.2) is 43.9 Å². The molecule has 2 aromatic rings. The van der Waals surface area contributed by atoms with Crippen molar-refractivity contribution in [2.75, 3.05) is 20.1 Å². The topological polar surface area (TPSA) is 86.7 Å². The molecule has 26 heavy (non-hydrogen) atoms. The van der Waals surface area contributed by atoms with Crippen LogP contribution in [0.1, 0.15) is 11.7 Å². The molecular formula is C15H15ClF2N2O4S2. The average Bonchev–Trinajstić information content (AvgIpc) is 2.99. The van der Waals surface area contributed by atoms with Crippen LogP contribution in [0, 0.1) is 11.6 Å². The molecule has 0 fully saturated rings. The Morgan fingerprint density at radius 1 is 1.35 bits per heavy atom. The summed E-state index contributed by atoms with van der Waals surface area (Å²) in [5, 5.41) is 12.2. The van der Waals surface area contributed by atoms with Gasteiger partial charge < -0.3 is 10.4 Å². The van der Waals surface area contributed by atoms with Gasteiger partial charge in [-0.25, -0.2) is 17.2 Å². The molecule has 0 aliphatic heterocycles. The Morgan fingerprint density at radius 3 is 2.62 bits per heavy atom. The van der Waals surface area contributed by atoms with Crippen molar-refractivity contribution in [3.63, 3.8) is 0 Å². The predicted molar refractivity (Wildman–Crippen MR) is 93.5 cm³/mol. The van der Waals surface area contributed by atoms with Gasteiger partial charge in [-0.15, -0.1) is 11.3 Å². The molecule has 0 spiro atoms. The lowest BCUT2D eigenvalue weighted by atomic mass is 10.1. The lowest BCUT2D eigenvalue weighted by Crippen LogP contribution is -2.39. The Labute approximate surface area is 158 Å². The van der Waals surface area contributed by atoms with Gasteiger partial charge in [0.2, 0.25) is 5.91 Å². The van der Waals surface area contributed by atoms with Crippen LogP contribution in [-0.2, 0) is 14.8 Å². The number of thiophene rings is 1. The third-order valence-corrected chi connectivity index (χ3v) is 6.90. The van der Waals surface area contributed by atoms with Crippen LogP contribution in [0.5, 0.6) is 0 Å². The summed E-state index contributed by atoms with van der Waals surface area (Å²) in [6, 6.07) is 5.43. The smallest absolute Gasteiger partial charge is 0.252 e. The summed E-state index contributed by atoms with van der Waals surface area (Å²) < 4.78 is 52.1. The van der Waals surface area contributed by atoms with E-state index < -0.39 is 40.2 Å². The summed E-state index contributed by atoms with van der Waals surface area (Å²) in [5.41, 5.74) is -0.180. The normalized spacial score (nSPS) is 13.0. The van der Waals surface area contributed by atoms with Gasteiger partial charge in [0.15, 0.2) is 0 Å². The number of benzene rings is 1. The van der Waals surface area contributed by atoms with Crippen LogP contribution in [0.15, 0.2) is 34.5 Å². The maximum atomic E-state index is 13.6. The van der Waals surface area contributed by atoms with Crippen LogP contribution < -0.4 is 5.32 Å². The molecular weight excluding hydrogens is 410 g/mol. The number of rotatable bonds is 7. The number of aliphatic hydroxyl groups is 1. The van der Waals surface area contributed by atoms with Gasteiger partial charge in [-0.2, -0.15) is 4.31 Å². The number of aliphatic hydroxyl groups excluding tert-OH is 1. The van der Waals surface area contributed by atoms with Gasteiger partial charge in [0.1, 0.15) is 15.8 Å². The number of carbonyl (C=O) groups excluding carboxylic acids is 1. The minimum Gasteiger partial charge on any atom is -0.386 e. The maximum Gasteiger partial charge on any atom is 0.252 e. The zero-order valence-electron chi connectivity index (χ0n) is 13.4. The number of carbonyl (C=O) groups is 1. The van der Waals surface area contributed by atoms with E-state index in [4.69, 9.17) is 11.6 Å². The fraction of sp³-hybridized carbons (Fsp3) is 0.267. The summed E-state index contributed by atoms with van der Waals surface area (Å²) in [6.45, 7) is -0.865. The molecule has 0 aliphatic rings.